The zero-order valence-electron chi connectivity index (χ0n) is 10.9. The molecule has 6 nitrogen and oxygen atoms in total. The molecule has 0 radical (unpaired) electrons. The van der Waals surface area contributed by atoms with Crippen molar-refractivity contribution in [3.63, 3.8) is 0 Å². The average Bonchev–Trinajstić information content (AvgIpc) is 2.42. The molecule has 1 fully saturated rings. The van der Waals surface area contributed by atoms with Gasteiger partial charge in [-0.25, -0.2) is 0 Å². The third-order valence-electron chi connectivity index (χ3n) is 3.85. The molecule has 0 aliphatic heterocycles. The van der Waals surface area contributed by atoms with E-state index in [2.05, 4.69) is 0 Å². The average molecular weight is 277 g/mol. The number of Topliss-reactive ketones (excluding diaryl/α,β-unsaturated/α-hetero) is 1. The standard InChI is InChI=1S/C14H15NO5/c16-12-3-1-2-8-14(12,13(17)18)9-10-4-6-11(7-5-10)15(19)20/h4-7H,1-3,8-9H2,(H,17,18). The molecular formula is C14H15NO5. The highest BCUT2D eigenvalue weighted by Gasteiger charge is 2.46. The summed E-state index contributed by atoms with van der Waals surface area (Å²) in [5.74, 6) is -1.34. The number of non-ortho nitro benzene ring substituents is 1. The maximum atomic E-state index is 12.0. The van der Waals surface area contributed by atoms with Crippen molar-refractivity contribution in [2.45, 2.75) is 32.1 Å². The first-order valence-corrected chi connectivity index (χ1v) is 6.46. The van der Waals surface area contributed by atoms with E-state index in [9.17, 15) is 24.8 Å². The maximum Gasteiger partial charge on any atom is 0.317 e. The number of nitro benzene ring substituents is 1. The molecule has 20 heavy (non-hydrogen) atoms. The molecule has 0 saturated heterocycles. The highest BCUT2D eigenvalue weighted by molar-refractivity contribution is 6.03. The first kappa shape index (κ1) is 14.2. The number of aliphatic carboxylic acids is 1. The van der Waals surface area contributed by atoms with Crippen LogP contribution in [0.4, 0.5) is 5.69 Å². The molecule has 0 heterocycles. The SMILES string of the molecule is O=C(O)C1(Cc2ccc([N+](=O)[O-])cc2)CCCCC1=O. The van der Waals surface area contributed by atoms with Crippen molar-refractivity contribution in [3.05, 3.63) is 39.9 Å². The van der Waals surface area contributed by atoms with E-state index in [0.717, 1.165) is 6.42 Å². The smallest absolute Gasteiger partial charge is 0.317 e. The van der Waals surface area contributed by atoms with Crippen molar-refractivity contribution < 1.29 is 19.6 Å². The van der Waals surface area contributed by atoms with E-state index >= 15 is 0 Å². The number of ketones is 1. The van der Waals surface area contributed by atoms with E-state index in [4.69, 9.17) is 0 Å². The largest absolute Gasteiger partial charge is 0.480 e. The van der Waals surface area contributed by atoms with Crippen molar-refractivity contribution >= 4 is 17.4 Å². The Hall–Kier alpha value is -2.24. The van der Waals surface area contributed by atoms with Crippen LogP contribution in [-0.4, -0.2) is 21.8 Å². The van der Waals surface area contributed by atoms with E-state index < -0.39 is 16.3 Å². The number of carboxylic acid groups (broad SMARTS) is 1. The molecule has 1 aliphatic rings. The lowest BCUT2D eigenvalue weighted by Crippen LogP contribution is -2.43. The lowest BCUT2D eigenvalue weighted by Gasteiger charge is -2.31. The van der Waals surface area contributed by atoms with E-state index in [1.165, 1.54) is 24.3 Å². The molecule has 1 aromatic carbocycles. The molecule has 1 aliphatic carbocycles. The van der Waals surface area contributed by atoms with E-state index in [0.29, 0.717) is 24.8 Å². The van der Waals surface area contributed by atoms with Gasteiger partial charge in [-0.1, -0.05) is 18.6 Å². The molecule has 0 bridgehead atoms. The highest BCUT2D eigenvalue weighted by atomic mass is 16.6. The van der Waals surface area contributed by atoms with Gasteiger partial charge in [0.2, 0.25) is 0 Å². The summed E-state index contributed by atoms with van der Waals surface area (Å²) in [5, 5.41) is 20.0. The van der Waals surface area contributed by atoms with Gasteiger partial charge in [-0.2, -0.15) is 0 Å². The Kier molecular flexibility index (Phi) is 3.83. The van der Waals surface area contributed by atoms with Crippen LogP contribution in [0.15, 0.2) is 24.3 Å². The van der Waals surface area contributed by atoms with Gasteiger partial charge in [-0.3, -0.25) is 19.7 Å². The number of hydrogen-bond acceptors (Lipinski definition) is 4. The summed E-state index contributed by atoms with van der Waals surface area (Å²) in [5.41, 5.74) is -0.782. The van der Waals surface area contributed by atoms with Crippen LogP contribution in [0.3, 0.4) is 0 Å². The molecular weight excluding hydrogens is 262 g/mol. The molecule has 106 valence electrons. The summed E-state index contributed by atoms with van der Waals surface area (Å²) in [6, 6.07) is 5.70. The predicted molar refractivity (Wildman–Crippen MR) is 70.3 cm³/mol. The van der Waals surface area contributed by atoms with Gasteiger partial charge in [0.15, 0.2) is 5.78 Å². The van der Waals surface area contributed by atoms with Crippen LogP contribution in [0.2, 0.25) is 0 Å². The number of nitrogens with zero attached hydrogens (tertiary/aromatic N) is 1. The van der Waals surface area contributed by atoms with Crippen LogP contribution in [0.1, 0.15) is 31.2 Å². The minimum absolute atomic E-state index is 0.0481. The van der Waals surface area contributed by atoms with Gasteiger partial charge >= 0.3 is 5.97 Å². The summed E-state index contributed by atoms with van der Waals surface area (Å²) in [6.07, 6.45) is 2.16. The van der Waals surface area contributed by atoms with Crippen LogP contribution in [0, 0.1) is 15.5 Å². The van der Waals surface area contributed by atoms with Gasteiger partial charge in [0.05, 0.1) is 4.92 Å². The van der Waals surface area contributed by atoms with Crippen molar-refractivity contribution in [1.82, 2.24) is 0 Å². The fraction of sp³-hybridized carbons (Fsp3) is 0.429. The number of carboxylic acids is 1. The van der Waals surface area contributed by atoms with Crippen LogP contribution >= 0.6 is 0 Å². The van der Waals surface area contributed by atoms with Gasteiger partial charge in [0.25, 0.3) is 5.69 Å². The van der Waals surface area contributed by atoms with E-state index in [-0.39, 0.29) is 17.9 Å². The van der Waals surface area contributed by atoms with Crippen LogP contribution in [0.5, 0.6) is 0 Å². The molecule has 1 N–H and O–H groups in total. The molecule has 2 rings (SSSR count). The second-order valence-corrected chi connectivity index (χ2v) is 5.12. The zero-order valence-corrected chi connectivity index (χ0v) is 10.9. The number of rotatable bonds is 4. The fourth-order valence-corrected chi connectivity index (χ4v) is 2.66. The first-order valence-electron chi connectivity index (χ1n) is 6.46. The number of nitro groups is 1. The normalized spacial score (nSPS) is 22.5. The molecule has 0 amide bonds. The molecule has 1 atom stereocenters. The van der Waals surface area contributed by atoms with Crippen LogP contribution in [-0.2, 0) is 16.0 Å². The molecule has 1 aromatic rings. The second kappa shape index (κ2) is 5.40. The minimum Gasteiger partial charge on any atom is -0.480 e. The van der Waals surface area contributed by atoms with Crippen molar-refractivity contribution in [1.29, 1.82) is 0 Å². The van der Waals surface area contributed by atoms with Crippen molar-refractivity contribution in [3.8, 4) is 0 Å². The monoisotopic (exact) mass is 277 g/mol. The van der Waals surface area contributed by atoms with Crippen LogP contribution in [0.25, 0.3) is 0 Å². The van der Waals surface area contributed by atoms with Gasteiger partial charge in [-0.05, 0) is 24.8 Å². The third kappa shape index (κ3) is 2.54. The first-order chi connectivity index (χ1) is 9.45. The van der Waals surface area contributed by atoms with Gasteiger partial charge in [0, 0.05) is 18.6 Å². The minimum atomic E-state index is -1.37. The molecule has 0 spiro atoms. The van der Waals surface area contributed by atoms with Crippen molar-refractivity contribution in [2.75, 3.05) is 0 Å². The Morgan fingerprint density at radius 3 is 2.45 bits per heavy atom. The van der Waals surface area contributed by atoms with Gasteiger partial charge < -0.3 is 5.11 Å². The zero-order chi connectivity index (χ0) is 14.8. The molecule has 6 heteroatoms. The molecule has 0 aromatic heterocycles. The third-order valence-corrected chi connectivity index (χ3v) is 3.85. The highest BCUT2D eigenvalue weighted by Crippen LogP contribution is 2.37. The number of carbonyl (C=O) groups excluding carboxylic acids is 1. The predicted octanol–water partition coefficient (Wildman–Crippen LogP) is 2.35. The summed E-state index contributed by atoms with van der Waals surface area (Å²) in [7, 11) is 0. The van der Waals surface area contributed by atoms with Gasteiger partial charge in [-0.15, -0.1) is 0 Å². The Bertz CT molecular complexity index is 551. The molecule has 1 unspecified atom stereocenters. The number of hydrogen-bond donors (Lipinski definition) is 1. The second-order valence-electron chi connectivity index (χ2n) is 5.12. The number of carbonyl (C=O) groups is 2. The Labute approximate surface area is 115 Å². The fourth-order valence-electron chi connectivity index (χ4n) is 2.66. The summed E-state index contributed by atoms with van der Waals surface area (Å²) in [4.78, 5) is 33.7. The lowest BCUT2D eigenvalue weighted by atomic mass is 9.69. The summed E-state index contributed by atoms with van der Waals surface area (Å²) < 4.78 is 0. The lowest BCUT2D eigenvalue weighted by molar-refractivity contribution is -0.384. The summed E-state index contributed by atoms with van der Waals surface area (Å²) >= 11 is 0. The van der Waals surface area contributed by atoms with Gasteiger partial charge in [0.1, 0.15) is 5.41 Å². The topological polar surface area (TPSA) is 97.5 Å². The summed E-state index contributed by atoms with van der Waals surface area (Å²) in [6.45, 7) is 0. The quantitative estimate of drug-likeness (QED) is 0.517. The number of benzene rings is 1. The van der Waals surface area contributed by atoms with E-state index in [1.807, 2.05) is 0 Å². The van der Waals surface area contributed by atoms with Crippen molar-refractivity contribution in [2.24, 2.45) is 5.41 Å². The molecule has 1 saturated carbocycles. The Morgan fingerprint density at radius 1 is 1.30 bits per heavy atom. The maximum absolute atomic E-state index is 12.0. The van der Waals surface area contributed by atoms with E-state index in [1.54, 1.807) is 0 Å². The Morgan fingerprint density at radius 2 is 1.95 bits per heavy atom. The Balaban J connectivity index is 2.26. The van der Waals surface area contributed by atoms with Crippen LogP contribution < -0.4 is 0 Å².